The Hall–Kier alpha value is -2.88. The lowest BCUT2D eigenvalue weighted by atomic mass is 9.73. The Bertz CT molecular complexity index is 1460. The number of rotatable bonds is 16. The molecule has 0 fully saturated rings. The van der Waals surface area contributed by atoms with E-state index in [9.17, 15) is 9.13 Å². The molecule has 0 saturated carbocycles. The van der Waals surface area contributed by atoms with Gasteiger partial charge in [-0.3, -0.25) is 0 Å². The van der Waals surface area contributed by atoms with Crippen LogP contribution in [0, 0.1) is 5.92 Å². The van der Waals surface area contributed by atoms with Crippen LogP contribution in [0.2, 0.25) is 0 Å². The lowest BCUT2D eigenvalue weighted by Crippen LogP contribution is -2.19. The Balaban J connectivity index is 1.90. The van der Waals surface area contributed by atoms with Crippen molar-refractivity contribution in [2.75, 3.05) is 14.2 Å². The van der Waals surface area contributed by atoms with Gasteiger partial charge >= 0.3 is 15.2 Å². The van der Waals surface area contributed by atoms with Gasteiger partial charge in [0.25, 0.3) is 0 Å². The molecular formula is C37H48O6P2. The Morgan fingerprint density at radius 3 is 1.78 bits per heavy atom. The second-order valence-corrected chi connectivity index (χ2v) is 16.2. The molecule has 0 N–H and O–H groups in total. The summed E-state index contributed by atoms with van der Waals surface area (Å²) in [6, 6.07) is 23.0. The van der Waals surface area contributed by atoms with Crippen molar-refractivity contribution in [3.63, 3.8) is 0 Å². The summed E-state index contributed by atoms with van der Waals surface area (Å²) in [6.07, 6.45) is 8.14. The predicted molar refractivity (Wildman–Crippen MR) is 184 cm³/mol. The van der Waals surface area contributed by atoms with Crippen molar-refractivity contribution in [2.45, 2.75) is 77.5 Å². The Morgan fingerprint density at radius 2 is 1.33 bits per heavy atom. The van der Waals surface area contributed by atoms with Crippen molar-refractivity contribution >= 4 is 15.2 Å². The fourth-order valence-corrected chi connectivity index (χ4v) is 8.70. The van der Waals surface area contributed by atoms with Crippen molar-refractivity contribution in [1.82, 2.24) is 0 Å². The lowest BCUT2D eigenvalue weighted by molar-refractivity contribution is 0.312. The topological polar surface area (TPSA) is 71.1 Å². The Kier molecular flexibility index (Phi) is 12.5. The van der Waals surface area contributed by atoms with Gasteiger partial charge in [0.05, 0.1) is 12.3 Å². The van der Waals surface area contributed by atoms with Gasteiger partial charge in [0.15, 0.2) is 0 Å². The van der Waals surface area contributed by atoms with Crippen molar-refractivity contribution in [2.24, 2.45) is 5.92 Å². The SMILES string of the molecule is C=C(C)C1CCC(C)=CC1c1c(OP(=O)(Cc2ccccc2)OC)cc(CCCCC)cc1OP(=O)(Cc1ccccc1)OC. The lowest BCUT2D eigenvalue weighted by Gasteiger charge is -2.34. The summed E-state index contributed by atoms with van der Waals surface area (Å²) in [5, 5.41) is 0. The third-order valence-corrected chi connectivity index (χ3v) is 12.0. The molecule has 3 aromatic rings. The first-order valence-corrected chi connectivity index (χ1v) is 19.3. The number of benzene rings is 3. The van der Waals surface area contributed by atoms with Crippen LogP contribution in [0.1, 0.15) is 81.0 Å². The van der Waals surface area contributed by atoms with Gasteiger partial charge in [0.2, 0.25) is 0 Å². The molecule has 4 rings (SSSR count). The molecule has 0 aromatic heterocycles. The highest BCUT2D eigenvalue weighted by Gasteiger charge is 2.36. The highest BCUT2D eigenvalue weighted by Crippen LogP contribution is 2.58. The first kappa shape index (κ1) is 35.0. The minimum absolute atomic E-state index is 0.0800. The largest absolute Gasteiger partial charge is 0.424 e. The minimum Gasteiger partial charge on any atom is -0.424 e. The molecule has 45 heavy (non-hydrogen) atoms. The van der Waals surface area contributed by atoms with Crippen molar-refractivity contribution in [3.05, 3.63) is 119 Å². The number of allylic oxidation sites excluding steroid dienone is 3. The molecule has 0 spiro atoms. The predicted octanol–water partition coefficient (Wildman–Crippen LogP) is 11.3. The van der Waals surface area contributed by atoms with Crippen LogP contribution in [-0.2, 0) is 36.9 Å². The minimum atomic E-state index is -3.66. The summed E-state index contributed by atoms with van der Waals surface area (Å²) in [6.45, 7) is 10.7. The van der Waals surface area contributed by atoms with Gasteiger partial charge in [-0.15, -0.1) is 0 Å². The van der Waals surface area contributed by atoms with E-state index in [-0.39, 0.29) is 24.2 Å². The first-order valence-electron chi connectivity index (χ1n) is 15.8. The monoisotopic (exact) mass is 650 g/mol. The second-order valence-electron chi connectivity index (χ2n) is 12.1. The zero-order valence-electron chi connectivity index (χ0n) is 27.4. The van der Waals surface area contributed by atoms with E-state index in [0.717, 1.165) is 60.8 Å². The molecule has 6 nitrogen and oxygen atoms in total. The molecule has 8 heteroatoms. The average molecular weight is 651 g/mol. The van der Waals surface area contributed by atoms with E-state index in [1.54, 1.807) is 0 Å². The van der Waals surface area contributed by atoms with Crippen LogP contribution in [0.3, 0.4) is 0 Å². The number of aryl methyl sites for hydroxylation is 1. The molecule has 3 aromatic carbocycles. The van der Waals surface area contributed by atoms with Crippen molar-refractivity contribution in [3.8, 4) is 11.5 Å². The molecule has 1 aliphatic carbocycles. The van der Waals surface area contributed by atoms with Crippen molar-refractivity contribution < 1.29 is 27.2 Å². The number of hydrogen-bond acceptors (Lipinski definition) is 6. The molecule has 0 saturated heterocycles. The van der Waals surface area contributed by atoms with E-state index in [0.29, 0.717) is 17.1 Å². The molecule has 4 atom stereocenters. The second kappa shape index (κ2) is 16.1. The zero-order valence-corrected chi connectivity index (χ0v) is 29.2. The van der Waals surface area contributed by atoms with Crippen LogP contribution >= 0.6 is 15.2 Å². The van der Waals surface area contributed by atoms with Crippen LogP contribution in [-0.4, -0.2) is 14.2 Å². The van der Waals surface area contributed by atoms with E-state index in [1.807, 2.05) is 79.7 Å². The van der Waals surface area contributed by atoms with Gasteiger partial charge in [-0.1, -0.05) is 104 Å². The third-order valence-electron chi connectivity index (χ3n) is 8.42. The Labute approximate surface area is 269 Å². The maximum absolute atomic E-state index is 14.3. The normalized spacial score (nSPS) is 19.2. The highest BCUT2D eigenvalue weighted by molar-refractivity contribution is 7.53. The molecule has 0 bridgehead atoms. The number of unbranched alkanes of at least 4 members (excludes halogenated alkanes) is 2. The Morgan fingerprint density at radius 1 is 0.822 bits per heavy atom. The van der Waals surface area contributed by atoms with Gasteiger partial charge in [-0.2, -0.15) is 0 Å². The van der Waals surface area contributed by atoms with Crippen LogP contribution in [0.25, 0.3) is 0 Å². The summed E-state index contributed by atoms with van der Waals surface area (Å²) in [5.41, 5.74) is 5.60. The van der Waals surface area contributed by atoms with Crippen LogP contribution < -0.4 is 9.05 Å². The van der Waals surface area contributed by atoms with E-state index < -0.39 is 15.2 Å². The maximum Gasteiger partial charge on any atom is 0.383 e. The van der Waals surface area contributed by atoms with E-state index >= 15 is 0 Å². The van der Waals surface area contributed by atoms with Gasteiger partial charge in [-0.05, 0) is 74.3 Å². The summed E-state index contributed by atoms with van der Waals surface area (Å²) in [7, 11) is -4.48. The molecule has 4 unspecified atom stereocenters. The molecule has 0 aliphatic heterocycles. The third kappa shape index (κ3) is 9.56. The van der Waals surface area contributed by atoms with Gasteiger partial charge in [0.1, 0.15) is 11.5 Å². The van der Waals surface area contributed by atoms with Crippen LogP contribution in [0.4, 0.5) is 0 Å². The van der Waals surface area contributed by atoms with Gasteiger partial charge < -0.3 is 18.1 Å². The fourth-order valence-electron chi connectivity index (χ4n) is 5.95. The molecule has 0 amide bonds. The molecule has 0 radical (unpaired) electrons. The highest BCUT2D eigenvalue weighted by atomic mass is 31.2. The average Bonchev–Trinajstić information content (AvgIpc) is 3.02. The smallest absolute Gasteiger partial charge is 0.383 e. The van der Waals surface area contributed by atoms with E-state index in [1.165, 1.54) is 19.8 Å². The molecule has 0 heterocycles. The summed E-state index contributed by atoms with van der Waals surface area (Å²) in [5.74, 6) is 0.723. The fraction of sp³-hybridized carbons (Fsp3) is 0.405. The summed E-state index contributed by atoms with van der Waals surface area (Å²) in [4.78, 5) is 0. The van der Waals surface area contributed by atoms with E-state index in [2.05, 4.69) is 26.5 Å². The molecular weight excluding hydrogens is 602 g/mol. The zero-order chi connectivity index (χ0) is 32.5. The number of hydrogen-bond donors (Lipinski definition) is 0. The first-order chi connectivity index (χ1) is 21.6. The van der Waals surface area contributed by atoms with E-state index in [4.69, 9.17) is 18.1 Å². The van der Waals surface area contributed by atoms with Gasteiger partial charge in [-0.25, -0.2) is 9.13 Å². The van der Waals surface area contributed by atoms with Gasteiger partial charge in [0, 0.05) is 25.7 Å². The van der Waals surface area contributed by atoms with Crippen molar-refractivity contribution in [1.29, 1.82) is 0 Å². The summed E-state index contributed by atoms with van der Waals surface area (Å²) < 4.78 is 52.9. The molecule has 1 aliphatic rings. The van der Waals surface area contributed by atoms with Crippen LogP contribution in [0.5, 0.6) is 11.5 Å². The molecule has 242 valence electrons. The quantitative estimate of drug-likeness (QED) is 0.0873. The summed E-state index contributed by atoms with van der Waals surface area (Å²) >= 11 is 0. The standard InChI is InChI=1S/C37H48O6P2/c1-7-8-11-20-32-24-35(42-44(38,40-5)26-30-16-12-9-13-17-30)37(34-23-29(4)21-22-33(34)28(2)3)36(25-32)43-45(39,41-6)27-31-18-14-10-15-19-31/h9-10,12-19,23-25,33-34H,2,7-8,11,20-22,26-27H2,1,3-6H3. The van der Waals surface area contributed by atoms with Crippen LogP contribution in [0.15, 0.2) is 96.6 Å². The maximum atomic E-state index is 14.3.